The maximum atomic E-state index is 13.0. The van der Waals surface area contributed by atoms with Crippen molar-refractivity contribution >= 4 is 0 Å². The third kappa shape index (κ3) is 1.69. The predicted molar refractivity (Wildman–Crippen MR) is 47.7 cm³/mol. The van der Waals surface area contributed by atoms with Gasteiger partial charge in [0, 0.05) is 0 Å². The summed E-state index contributed by atoms with van der Waals surface area (Å²) in [6.07, 6.45) is 2.87. The number of halogens is 1. The van der Waals surface area contributed by atoms with Gasteiger partial charge in [0.25, 0.3) is 0 Å². The highest BCUT2D eigenvalue weighted by Crippen LogP contribution is 2.36. The summed E-state index contributed by atoms with van der Waals surface area (Å²) in [6.45, 7) is 5.86. The highest BCUT2D eigenvalue weighted by molar-refractivity contribution is 5.16. The molecule has 2 rings (SSSR count). The molecule has 1 fully saturated rings. The van der Waals surface area contributed by atoms with Crippen LogP contribution in [0.15, 0.2) is 11.4 Å². The van der Waals surface area contributed by atoms with E-state index in [9.17, 15) is 4.39 Å². The largest absolute Gasteiger partial charge is 0.368 e. The molecule has 1 nitrogen and oxygen atoms in total. The van der Waals surface area contributed by atoms with E-state index >= 15 is 0 Å². The van der Waals surface area contributed by atoms with Crippen molar-refractivity contribution in [3.63, 3.8) is 0 Å². The Kier molecular flexibility index (Phi) is 3.27. The maximum absolute atomic E-state index is 13.0. The molecule has 2 unspecified atom stereocenters. The second kappa shape index (κ2) is 4.04. The highest BCUT2D eigenvalue weighted by atomic mass is 19.1. The Bertz CT molecular complexity index is 186. The van der Waals surface area contributed by atoms with Crippen LogP contribution < -0.4 is 0 Å². The third-order valence-electron chi connectivity index (χ3n) is 2.33. The molecule has 12 heavy (non-hydrogen) atoms. The van der Waals surface area contributed by atoms with Gasteiger partial charge in [0.15, 0.2) is 0 Å². The number of hydrogen-bond donors (Lipinski definition) is 0. The lowest BCUT2D eigenvalue weighted by atomic mass is 10.1. The lowest BCUT2D eigenvalue weighted by Gasteiger charge is -2.19. The Morgan fingerprint density at radius 3 is 2.67 bits per heavy atom. The van der Waals surface area contributed by atoms with Gasteiger partial charge < -0.3 is 4.74 Å². The molecule has 0 aromatic heterocycles. The SMILES string of the molecule is CC.CC1=C(F)C2CCC(C1)O2. The summed E-state index contributed by atoms with van der Waals surface area (Å²) in [5.41, 5.74) is 0.902. The van der Waals surface area contributed by atoms with Gasteiger partial charge in [0.2, 0.25) is 0 Å². The van der Waals surface area contributed by atoms with Gasteiger partial charge in [-0.1, -0.05) is 13.8 Å². The smallest absolute Gasteiger partial charge is 0.128 e. The Morgan fingerprint density at radius 1 is 1.33 bits per heavy atom. The first kappa shape index (κ1) is 9.72. The van der Waals surface area contributed by atoms with Gasteiger partial charge in [-0.05, 0) is 31.8 Å². The molecule has 2 aliphatic rings. The van der Waals surface area contributed by atoms with Crippen molar-refractivity contribution in [1.82, 2.24) is 0 Å². The van der Waals surface area contributed by atoms with Crippen LogP contribution in [0.1, 0.15) is 40.0 Å². The van der Waals surface area contributed by atoms with Crippen molar-refractivity contribution in [3.05, 3.63) is 11.4 Å². The molecule has 0 saturated carbocycles. The minimum absolute atomic E-state index is 0.00579. The molecule has 2 aliphatic heterocycles. The molecule has 2 heteroatoms. The third-order valence-corrected chi connectivity index (χ3v) is 2.33. The molecule has 0 spiro atoms. The van der Waals surface area contributed by atoms with E-state index in [4.69, 9.17) is 4.74 Å². The van der Waals surface area contributed by atoms with Gasteiger partial charge in [-0.15, -0.1) is 0 Å². The van der Waals surface area contributed by atoms with Gasteiger partial charge in [-0.2, -0.15) is 0 Å². The predicted octanol–water partition coefficient (Wildman–Crippen LogP) is 3.21. The molecule has 0 aromatic rings. The fourth-order valence-corrected chi connectivity index (χ4v) is 1.76. The number of hydrogen-bond acceptors (Lipinski definition) is 1. The maximum Gasteiger partial charge on any atom is 0.128 e. The molecular weight excluding hydrogens is 155 g/mol. The average molecular weight is 172 g/mol. The molecule has 2 bridgehead atoms. The van der Waals surface area contributed by atoms with Crippen molar-refractivity contribution in [2.75, 3.05) is 0 Å². The van der Waals surface area contributed by atoms with Gasteiger partial charge in [-0.3, -0.25) is 0 Å². The number of rotatable bonds is 0. The van der Waals surface area contributed by atoms with Crippen LogP contribution in [-0.4, -0.2) is 12.2 Å². The van der Waals surface area contributed by atoms with Crippen LogP contribution in [0.2, 0.25) is 0 Å². The van der Waals surface area contributed by atoms with Crippen LogP contribution in [-0.2, 0) is 4.74 Å². The van der Waals surface area contributed by atoms with Crippen LogP contribution in [0, 0.1) is 0 Å². The van der Waals surface area contributed by atoms with E-state index in [1.165, 1.54) is 0 Å². The molecule has 70 valence electrons. The summed E-state index contributed by atoms with van der Waals surface area (Å²) in [4.78, 5) is 0. The zero-order valence-electron chi connectivity index (χ0n) is 8.06. The quantitative estimate of drug-likeness (QED) is 0.545. The van der Waals surface area contributed by atoms with Gasteiger partial charge in [-0.25, -0.2) is 4.39 Å². The summed E-state index contributed by atoms with van der Waals surface area (Å²) in [7, 11) is 0. The van der Waals surface area contributed by atoms with E-state index in [1.807, 2.05) is 20.8 Å². The van der Waals surface area contributed by atoms with E-state index < -0.39 is 0 Å². The molecule has 0 aromatic carbocycles. The van der Waals surface area contributed by atoms with Gasteiger partial charge in [0.1, 0.15) is 11.9 Å². The Hall–Kier alpha value is -0.370. The first-order valence-electron chi connectivity index (χ1n) is 4.78. The van der Waals surface area contributed by atoms with Crippen molar-refractivity contribution in [2.45, 2.75) is 52.2 Å². The summed E-state index contributed by atoms with van der Waals surface area (Å²) in [5, 5.41) is 0. The second-order valence-corrected chi connectivity index (χ2v) is 3.16. The topological polar surface area (TPSA) is 9.23 Å². The monoisotopic (exact) mass is 172 g/mol. The molecule has 0 amide bonds. The molecule has 1 saturated heterocycles. The minimum Gasteiger partial charge on any atom is -0.368 e. The first-order chi connectivity index (χ1) is 5.77. The summed E-state index contributed by atoms with van der Waals surface area (Å²) in [6, 6.07) is 0. The van der Waals surface area contributed by atoms with Crippen LogP contribution in [0.25, 0.3) is 0 Å². The zero-order valence-corrected chi connectivity index (χ0v) is 8.06. The van der Waals surface area contributed by atoms with E-state index in [0.29, 0.717) is 6.10 Å². The number of fused-ring (bicyclic) bond motifs is 2. The van der Waals surface area contributed by atoms with Crippen LogP contribution in [0.5, 0.6) is 0 Å². The number of ether oxygens (including phenoxy) is 1. The zero-order chi connectivity index (χ0) is 9.14. The van der Waals surface area contributed by atoms with E-state index in [2.05, 4.69) is 0 Å². The molecule has 0 aliphatic carbocycles. The van der Waals surface area contributed by atoms with Crippen molar-refractivity contribution < 1.29 is 9.13 Å². The normalized spacial score (nSPS) is 33.0. The van der Waals surface area contributed by atoms with Crippen molar-refractivity contribution in [1.29, 1.82) is 0 Å². The van der Waals surface area contributed by atoms with Crippen LogP contribution >= 0.6 is 0 Å². The van der Waals surface area contributed by atoms with Crippen LogP contribution in [0.3, 0.4) is 0 Å². The second-order valence-electron chi connectivity index (χ2n) is 3.16. The molecule has 2 atom stereocenters. The Balaban J connectivity index is 0.000000336. The fraction of sp³-hybridized carbons (Fsp3) is 0.800. The molecule has 0 N–H and O–H groups in total. The van der Waals surface area contributed by atoms with E-state index in [-0.39, 0.29) is 11.9 Å². The van der Waals surface area contributed by atoms with Gasteiger partial charge in [0.05, 0.1) is 6.10 Å². The van der Waals surface area contributed by atoms with Crippen LogP contribution in [0.4, 0.5) is 4.39 Å². The minimum atomic E-state index is -0.182. The Labute approximate surface area is 73.6 Å². The summed E-state index contributed by atoms with van der Waals surface area (Å²) >= 11 is 0. The lowest BCUT2D eigenvalue weighted by molar-refractivity contribution is 0.0387. The fourth-order valence-electron chi connectivity index (χ4n) is 1.76. The first-order valence-corrected chi connectivity index (χ1v) is 4.78. The molecular formula is C10H17FO. The van der Waals surface area contributed by atoms with Crippen molar-refractivity contribution in [2.24, 2.45) is 0 Å². The van der Waals surface area contributed by atoms with Gasteiger partial charge >= 0.3 is 0 Å². The van der Waals surface area contributed by atoms with E-state index in [0.717, 1.165) is 24.8 Å². The van der Waals surface area contributed by atoms with Crippen molar-refractivity contribution in [3.8, 4) is 0 Å². The standard InChI is InChI=1S/C8H11FO.C2H6/c1-5-4-6-2-3-7(10-6)8(5)9;1-2/h6-7H,2-4H2,1H3;1-2H3. The highest BCUT2D eigenvalue weighted by Gasteiger charge is 2.34. The van der Waals surface area contributed by atoms with E-state index in [1.54, 1.807) is 0 Å². The molecule has 0 radical (unpaired) electrons. The molecule has 2 heterocycles. The summed E-state index contributed by atoms with van der Waals surface area (Å²) in [5.74, 6) is -0.00579. The Morgan fingerprint density at radius 2 is 2.00 bits per heavy atom. The summed E-state index contributed by atoms with van der Waals surface area (Å²) < 4.78 is 18.4. The average Bonchev–Trinajstić information content (AvgIpc) is 2.50. The lowest BCUT2D eigenvalue weighted by Crippen LogP contribution is -2.18.